The number of carbonyl (C=O) groups is 1. The van der Waals surface area contributed by atoms with Crippen molar-refractivity contribution in [1.29, 1.82) is 0 Å². The predicted molar refractivity (Wildman–Crippen MR) is 118 cm³/mol. The molecule has 0 radical (unpaired) electrons. The molecule has 3 aromatic rings. The van der Waals surface area contributed by atoms with Crippen LogP contribution < -0.4 is 10.5 Å². The number of aromatic amines is 2. The quantitative estimate of drug-likeness (QED) is 0.596. The number of hydrogen-bond acceptors (Lipinski definition) is 7. The summed E-state index contributed by atoms with van der Waals surface area (Å²) in [5.41, 5.74) is 1.52. The van der Waals surface area contributed by atoms with Crippen LogP contribution in [0.2, 0.25) is 5.02 Å². The molecule has 10 nitrogen and oxygen atoms in total. The number of aromatic nitrogens is 5. The monoisotopic (exact) mass is 463 g/mol. The van der Waals surface area contributed by atoms with E-state index >= 15 is 0 Å². The van der Waals surface area contributed by atoms with E-state index < -0.39 is 12.5 Å². The van der Waals surface area contributed by atoms with Gasteiger partial charge >= 0.3 is 6.09 Å². The molecule has 0 aliphatic carbocycles. The predicted octanol–water partition coefficient (Wildman–Crippen LogP) is 3.02. The number of rotatable bonds is 5. The van der Waals surface area contributed by atoms with Gasteiger partial charge in [-0.1, -0.05) is 18.5 Å². The summed E-state index contributed by atoms with van der Waals surface area (Å²) in [7, 11) is 0. The molecular weight excluding hydrogens is 441 g/mol. The number of piperazine rings is 1. The van der Waals surface area contributed by atoms with Gasteiger partial charge in [0.2, 0.25) is 12.3 Å². The van der Waals surface area contributed by atoms with Crippen LogP contribution in [0.3, 0.4) is 0 Å². The zero-order valence-corrected chi connectivity index (χ0v) is 18.4. The van der Waals surface area contributed by atoms with E-state index in [9.17, 15) is 14.0 Å². The number of ether oxygens (including phenoxy) is 1. The summed E-state index contributed by atoms with van der Waals surface area (Å²) in [4.78, 5) is 46.9. The van der Waals surface area contributed by atoms with Gasteiger partial charge in [-0.05, 0) is 19.4 Å². The van der Waals surface area contributed by atoms with E-state index in [4.69, 9.17) is 16.3 Å². The van der Waals surface area contributed by atoms with E-state index in [1.807, 2.05) is 11.8 Å². The van der Waals surface area contributed by atoms with E-state index in [1.165, 1.54) is 11.1 Å². The second-order valence-electron chi connectivity index (χ2n) is 7.48. The Morgan fingerprint density at radius 1 is 1.28 bits per heavy atom. The average molecular weight is 464 g/mol. The number of alkyl halides is 1. The molecule has 4 heterocycles. The summed E-state index contributed by atoms with van der Waals surface area (Å²) in [5, 5.41) is 0.274. The Morgan fingerprint density at radius 3 is 2.72 bits per heavy atom. The first-order valence-corrected chi connectivity index (χ1v) is 10.7. The minimum Gasteiger partial charge on any atom is -0.415 e. The molecule has 1 aliphatic rings. The zero-order valence-electron chi connectivity index (χ0n) is 17.7. The molecule has 3 aromatic heterocycles. The number of H-pyrrole nitrogens is 2. The van der Waals surface area contributed by atoms with Crippen LogP contribution in [0.1, 0.15) is 25.5 Å². The number of fused-ring (bicyclic) bond motifs is 1. The second kappa shape index (κ2) is 9.11. The van der Waals surface area contributed by atoms with E-state index in [1.54, 1.807) is 13.0 Å². The summed E-state index contributed by atoms with van der Waals surface area (Å²) in [5.74, 6) is 0.780. The fourth-order valence-corrected chi connectivity index (χ4v) is 3.76. The van der Waals surface area contributed by atoms with Crippen LogP contribution >= 0.6 is 11.6 Å². The molecule has 4 rings (SSSR count). The van der Waals surface area contributed by atoms with Crippen molar-refractivity contribution in [2.24, 2.45) is 0 Å². The molecule has 1 saturated heterocycles. The van der Waals surface area contributed by atoms with Crippen molar-refractivity contribution in [3.8, 4) is 11.4 Å². The molecule has 1 atom stereocenters. The molecule has 1 unspecified atom stereocenters. The highest BCUT2D eigenvalue weighted by atomic mass is 35.5. The molecule has 170 valence electrons. The van der Waals surface area contributed by atoms with Gasteiger partial charge < -0.3 is 24.5 Å². The van der Waals surface area contributed by atoms with E-state index in [0.29, 0.717) is 61.2 Å². The maximum absolute atomic E-state index is 13.6. The highest BCUT2D eigenvalue weighted by Gasteiger charge is 2.26. The minimum atomic E-state index is -1.58. The van der Waals surface area contributed by atoms with Gasteiger partial charge in [0.25, 0.3) is 5.56 Å². The lowest BCUT2D eigenvalue weighted by Crippen LogP contribution is -2.49. The number of pyridine rings is 1. The zero-order chi connectivity index (χ0) is 22.8. The minimum absolute atomic E-state index is 0.186. The summed E-state index contributed by atoms with van der Waals surface area (Å²) < 4.78 is 18.4. The van der Waals surface area contributed by atoms with Crippen molar-refractivity contribution in [1.82, 2.24) is 29.8 Å². The third-order valence-corrected chi connectivity index (χ3v) is 5.53. The first-order valence-electron chi connectivity index (χ1n) is 10.3. The lowest BCUT2D eigenvalue weighted by atomic mass is 10.2. The number of hydrogen-bond donors (Lipinski definition) is 2. The van der Waals surface area contributed by atoms with Gasteiger partial charge in [-0.25, -0.2) is 19.2 Å². The van der Waals surface area contributed by atoms with Gasteiger partial charge in [-0.15, -0.1) is 0 Å². The lowest BCUT2D eigenvalue weighted by Gasteiger charge is -2.34. The van der Waals surface area contributed by atoms with Crippen LogP contribution in [-0.4, -0.2) is 68.4 Å². The van der Waals surface area contributed by atoms with E-state index in [2.05, 4.69) is 24.9 Å². The average Bonchev–Trinajstić information content (AvgIpc) is 3.18. The third-order valence-electron chi connectivity index (χ3n) is 5.22. The highest BCUT2D eigenvalue weighted by molar-refractivity contribution is 6.33. The molecule has 1 aliphatic heterocycles. The SMILES string of the molecule is CCCC(F)OC(=O)N1CCN(c2nc(C)c3nc(-c4c(Cl)cc[nH]c4=O)[nH]c3n2)CC1. The molecule has 0 bridgehead atoms. The molecule has 2 N–H and O–H groups in total. The Morgan fingerprint density at radius 2 is 2.03 bits per heavy atom. The number of anilines is 1. The maximum atomic E-state index is 13.6. The number of imidazole rings is 1. The fourth-order valence-electron chi connectivity index (χ4n) is 3.52. The normalized spacial score (nSPS) is 15.2. The molecular formula is C20H23ClFN7O3. The Balaban J connectivity index is 1.51. The van der Waals surface area contributed by atoms with Crippen LogP contribution in [0.4, 0.5) is 15.1 Å². The largest absolute Gasteiger partial charge is 0.415 e. The van der Waals surface area contributed by atoms with Crippen molar-refractivity contribution in [3.63, 3.8) is 0 Å². The van der Waals surface area contributed by atoms with E-state index in [0.717, 1.165) is 0 Å². The number of amides is 1. The van der Waals surface area contributed by atoms with Crippen molar-refractivity contribution in [2.75, 3.05) is 31.1 Å². The van der Waals surface area contributed by atoms with Crippen molar-refractivity contribution in [2.45, 2.75) is 33.0 Å². The van der Waals surface area contributed by atoms with Crippen molar-refractivity contribution in [3.05, 3.63) is 33.3 Å². The van der Waals surface area contributed by atoms with Crippen LogP contribution in [-0.2, 0) is 4.74 Å². The number of carbonyl (C=O) groups excluding carboxylic acids is 1. The highest BCUT2D eigenvalue weighted by Crippen LogP contribution is 2.25. The molecule has 1 fully saturated rings. The Bertz CT molecular complexity index is 1190. The van der Waals surface area contributed by atoms with Gasteiger partial charge in [-0.2, -0.15) is 4.98 Å². The molecule has 1 amide bonds. The Kier molecular flexibility index (Phi) is 6.26. The summed E-state index contributed by atoms with van der Waals surface area (Å²) in [6.45, 7) is 5.29. The van der Waals surface area contributed by atoms with Crippen molar-refractivity contribution < 1.29 is 13.9 Å². The van der Waals surface area contributed by atoms with Crippen molar-refractivity contribution >= 4 is 34.8 Å². The number of nitrogens with zero attached hydrogens (tertiary/aromatic N) is 5. The first kappa shape index (κ1) is 22.0. The number of nitrogens with one attached hydrogen (secondary N) is 2. The topological polar surface area (TPSA) is 120 Å². The van der Waals surface area contributed by atoms with Gasteiger partial charge in [0.1, 0.15) is 16.9 Å². The second-order valence-corrected chi connectivity index (χ2v) is 7.89. The molecule has 32 heavy (non-hydrogen) atoms. The number of aryl methyl sites for hydroxylation is 1. The van der Waals surface area contributed by atoms with Crippen LogP contribution in [0.5, 0.6) is 0 Å². The van der Waals surface area contributed by atoms with Gasteiger partial charge in [0.15, 0.2) is 5.65 Å². The summed E-state index contributed by atoms with van der Waals surface area (Å²) in [6.07, 6.45) is 0.0136. The molecule has 0 aromatic carbocycles. The molecule has 0 spiro atoms. The molecule has 12 heteroatoms. The third kappa shape index (κ3) is 4.38. The molecule has 0 saturated carbocycles. The van der Waals surface area contributed by atoms with Gasteiger partial charge in [0.05, 0.1) is 10.7 Å². The summed E-state index contributed by atoms with van der Waals surface area (Å²) in [6, 6.07) is 1.58. The lowest BCUT2D eigenvalue weighted by molar-refractivity contribution is -0.0116. The van der Waals surface area contributed by atoms with Crippen LogP contribution in [0, 0.1) is 6.92 Å². The summed E-state index contributed by atoms with van der Waals surface area (Å²) >= 11 is 6.18. The standard InChI is InChI=1S/C20H23ClFN7O3/c1-3-4-13(22)32-20(31)29-9-7-28(8-10-29)19-24-11(2)15-17(27-19)26-16(25-15)14-12(21)5-6-23-18(14)30/h5-6,13H,3-4,7-10H2,1-2H3,(H,23,30)(H,24,25,26,27). The maximum Gasteiger partial charge on any atom is 0.412 e. The smallest absolute Gasteiger partial charge is 0.412 e. The fraction of sp³-hybridized carbons (Fsp3) is 0.450. The Hall–Kier alpha value is -3.21. The number of halogens is 2. The van der Waals surface area contributed by atoms with Crippen LogP contribution in [0.15, 0.2) is 17.1 Å². The Labute approximate surface area is 187 Å². The van der Waals surface area contributed by atoms with Gasteiger partial charge in [0, 0.05) is 38.8 Å². The van der Waals surface area contributed by atoms with Gasteiger partial charge in [-0.3, -0.25) is 4.79 Å². The first-order chi connectivity index (χ1) is 15.4. The van der Waals surface area contributed by atoms with Crippen LogP contribution in [0.25, 0.3) is 22.6 Å². The van der Waals surface area contributed by atoms with E-state index in [-0.39, 0.29) is 22.6 Å².